The Kier molecular flexibility index (Phi) is 12.0. The average Bonchev–Trinajstić information content (AvgIpc) is 3.79. The van der Waals surface area contributed by atoms with Crippen molar-refractivity contribution in [3.05, 3.63) is 141 Å². The van der Waals surface area contributed by atoms with Crippen LogP contribution in [-0.4, -0.2) is 94.9 Å². The third-order valence-corrected chi connectivity index (χ3v) is 11.7. The van der Waals surface area contributed by atoms with Crippen LogP contribution in [-0.2, 0) is 21.9 Å². The number of aromatic nitrogens is 2. The second kappa shape index (κ2) is 17.7. The van der Waals surface area contributed by atoms with Gasteiger partial charge in [0.05, 0.1) is 70.2 Å². The molecular weight excluding hydrogens is 873 g/mol. The fourth-order valence-electron chi connectivity index (χ4n) is 8.50. The van der Waals surface area contributed by atoms with E-state index in [2.05, 4.69) is 20.6 Å². The molecule has 0 radical (unpaired) electrons. The Bertz CT molecular complexity index is 2570. The lowest BCUT2D eigenvalue weighted by atomic mass is 9.96. The summed E-state index contributed by atoms with van der Waals surface area (Å²) in [5.74, 6) is -0.879. The highest BCUT2D eigenvalue weighted by atomic mass is 19.4. The van der Waals surface area contributed by atoms with Crippen molar-refractivity contribution in [1.82, 2.24) is 35.3 Å². The van der Waals surface area contributed by atoms with Crippen LogP contribution < -0.4 is 20.4 Å². The number of pyridine rings is 2. The van der Waals surface area contributed by atoms with Gasteiger partial charge in [-0.15, -0.1) is 0 Å². The first kappa shape index (κ1) is 44.8. The first-order valence-corrected chi connectivity index (χ1v) is 20.5. The zero-order chi connectivity index (χ0) is 47.1. The zero-order valence-corrected chi connectivity index (χ0v) is 34.8. The summed E-state index contributed by atoms with van der Waals surface area (Å²) < 4.78 is 82.4. The summed E-state index contributed by atoms with van der Waals surface area (Å²) in [4.78, 5) is 70.8. The minimum Gasteiger partial charge on any atom is -0.333 e. The van der Waals surface area contributed by atoms with E-state index in [9.17, 15) is 56.0 Å². The number of carbonyl (C=O) groups is 4. The van der Waals surface area contributed by atoms with Gasteiger partial charge in [0.2, 0.25) is 0 Å². The summed E-state index contributed by atoms with van der Waals surface area (Å²) in [6.45, 7) is 1.18. The fraction of sp³-hybridized carbons (Fsp3) is 0.289. The fourth-order valence-corrected chi connectivity index (χ4v) is 8.50. The zero-order valence-electron chi connectivity index (χ0n) is 34.8. The van der Waals surface area contributed by atoms with Gasteiger partial charge >= 0.3 is 24.4 Å². The van der Waals surface area contributed by atoms with Crippen molar-refractivity contribution >= 4 is 35.3 Å². The van der Waals surface area contributed by atoms with E-state index >= 15 is 0 Å². The predicted octanol–water partition coefficient (Wildman–Crippen LogP) is 6.40. The number of rotatable bonds is 12. The Morgan fingerprint density at radius 3 is 1.41 bits per heavy atom. The molecule has 4 aliphatic rings. The summed E-state index contributed by atoms with van der Waals surface area (Å²) in [7, 11) is 1.84. The van der Waals surface area contributed by atoms with Crippen LogP contribution in [0.1, 0.15) is 58.6 Å². The monoisotopic (exact) mass is 909 g/mol. The van der Waals surface area contributed by atoms with Crippen molar-refractivity contribution in [2.75, 3.05) is 56.1 Å². The molecule has 338 valence electrons. The normalized spacial score (nSPS) is 18.7. The van der Waals surface area contributed by atoms with Gasteiger partial charge in [0.1, 0.15) is 23.5 Å². The van der Waals surface area contributed by atoms with E-state index in [-0.39, 0.29) is 71.5 Å². The average molecular weight is 910 g/mol. The van der Waals surface area contributed by atoms with Gasteiger partial charge in [-0.25, -0.2) is 19.6 Å². The highest BCUT2D eigenvalue weighted by Gasteiger charge is 2.47. The van der Waals surface area contributed by atoms with Crippen molar-refractivity contribution in [3.63, 3.8) is 0 Å². The second-order valence-electron chi connectivity index (χ2n) is 15.9. The molecule has 21 heteroatoms. The number of hydrogen-bond donors (Lipinski definition) is 2. The van der Waals surface area contributed by atoms with Gasteiger partial charge in [0.25, 0.3) is 11.8 Å². The van der Waals surface area contributed by atoms with Crippen LogP contribution in [0.25, 0.3) is 0 Å². The third kappa shape index (κ3) is 8.72. The van der Waals surface area contributed by atoms with Crippen LogP contribution in [0.15, 0.2) is 108 Å². The maximum absolute atomic E-state index is 14.1. The molecule has 6 amide bonds. The van der Waals surface area contributed by atoms with Gasteiger partial charge in [0, 0.05) is 25.5 Å². The molecule has 2 aromatic carbocycles. The van der Waals surface area contributed by atoms with Gasteiger partial charge in [-0.2, -0.15) is 36.9 Å². The second-order valence-corrected chi connectivity index (χ2v) is 15.9. The molecule has 0 saturated carbocycles. The standard InChI is InChI=1S/C45H37F6N11O4/c1-58(14-4-16-59-24-34-36(40(59)63)38(26-10-12-30(20-52)54-22-26)56-42(65)61(34)32-8-2-6-28(18-32)44(46,47)48)15-5-17-60-25-35-37(41(60)64)39(27-11-13-31(21-53)55-23-27)57-43(66)62(35)33-9-3-7-29(19-33)45(49,50)51/h2-3,6-13,18-19,22-23,38-39H,4-5,14-17,24-25H2,1H3,(H,56,65)(H,57,66)/t38-,39-/m1/s1. The number of halogens is 6. The molecule has 15 nitrogen and oxygen atoms in total. The minimum atomic E-state index is -4.69. The summed E-state index contributed by atoms with van der Waals surface area (Å²) in [5.41, 5.74) is -0.393. The van der Waals surface area contributed by atoms with E-state index in [0.717, 1.165) is 34.1 Å². The molecule has 0 saturated heterocycles. The maximum atomic E-state index is 14.1. The highest BCUT2D eigenvalue weighted by Crippen LogP contribution is 2.42. The molecule has 0 spiro atoms. The lowest BCUT2D eigenvalue weighted by Crippen LogP contribution is -2.47. The Morgan fingerprint density at radius 1 is 0.652 bits per heavy atom. The number of nitriles is 2. The Hall–Kier alpha value is -7.78. The third-order valence-electron chi connectivity index (χ3n) is 11.7. The molecule has 66 heavy (non-hydrogen) atoms. The van der Waals surface area contributed by atoms with E-state index in [4.69, 9.17) is 0 Å². The maximum Gasteiger partial charge on any atom is 0.416 e. The number of amides is 6. The molecular formula is C45H37F6N11O4. The summed E-state index contributed by atoms with van der Waals surface area (Å²) in [6, 6.07) is 14.7. The van der Waals surface area contributed by atoms with Crippen molar-refractivity contribution in [3.8, 4) is 12.1 Å². The predicted molar refractivity (Wildman–Crippen MR) is 222 cm³/mol. The first-order valence-electron chi connectivity index (χ1n) is 20.5. The minimum absolute atomic E-state index is 0.0785. The molecule has 0 unspecified atom stereocenters. The Balaban J connectivity index is 0.934. The molecule has 2 N–H and O–H groups in total. The number of nitrogens with zero attached hydrogens (tertiary/aromatic N) is 9. The van der Waals surface area contributed by atoms with E-state index in [1.54, 1.807) is 12.1 Å². The Morgan fingerprint density at radius 2 is 1.06 bits per heavy atom. The molecule has 0 fully saturated rings. The number of urea groups is 2. The number of anilines is 2. The van der Waals surface area contributed by atoms with E-state index < -0.39 is 59.4 Å². The molecule has 4 aliphatic heterocycles. The molecule has 4 aromatic rings. The van der Waals surface area contributed by atoms with E-state index in [1.807, 2.05) is 24.1 Å². The number of alkyl halides is 6. The van der Waals surface area contributed by atoms with Gasteiger partial charge in [-0.1, -0.05) is 24.3 Å². The van der Waals surface area contributed by atoms with Crippen LogP contribution in [0.4, 0.5) is 47.3 Å². The van der Waals surface area contributed by atoms with Gasteiger partial charge in [-0.3, -0.25) is 19.4 Å². The molecule has 0 bridgehead atoms. The van der Waals surface area contributed by atoms with Crippen molar-refractivity contribution in [1.29, 1.82) is 10.5 Å². The molecule has 6 heterocycles. The number of nitrogens with one attached hydrogen (secondary N) is 2. The van der Waals surface area contributed by atoms with Crippen LogP contribution in [0, 0.1) is 22.7 Å². The number of carbonyl (C=O) groups excluding carboxylic acids is 4. The topological polar surface area (TPSA) is 182 Å². The van der Waals surface area contributed by atoms with Crippen molar-refractivity contribution < 1.29 is 45.5 Å². The SMILES string of the molecule is CN(CCCN1CC2=C(C1=O)[C@@H](c1ccc(C#N)nc1)NC(=O)N2c1cccc(C(F)(F)F)c1)CCCN1CC2=C(C1=O)[C@@H](c1ccc(C#N)nc1)NC(=O)N2c1cccc(C(F)(F)F)c1. The summed E-state index contributed by atoms with van der Waals surface area (Å²) in [5, 5.41) is 24.0. The van der Waals surface area contributed by atoms with Gasteiger partial charge in [-0.05, 0) is 92.6 Å². The van der Waals surface area contributed by atoms with Gasteiger partial charge in [0.15, 0.2) is 0 Å². The summed E-state index contributed by atoms with van der Waals surface area (Å²) >= 11 is 0. The van der Waals surface area contributed by atoms with Crippen LogP contribution in [0.5, 0.6) is 0 Å². The molecule has 2 aromatic heterocycles. The number of hydrogen-bond acceptors (Lipinski definition) is 9. The summed E-state index contributed by atoms with van der Waals surface area (Å²) in [6.07, 6.45) is -5.79. The lowest BCUT2D eigenvalue weighted by molar-refractivity contribution is -0.138. The smallest absolute Gasteiger partial charge is 0.333 e. The Labute approximate surface area is 372 Å². The highest BCUT2D eigenvalue weighted by molar-refractivity contribution is 6.08. The van der Waals surface area contributed by atoms with E-state index in [1.165, 1.54) is 58.6 Å². The van der Waals surface area contributed by atoms with Gasteiger partial charge < -0.3 is 25.3 Å². The van der Waals surface area contributed by atoms with Crippen LogP contribution in [0.3, 0.4) is 0 Å². The molecule has 2 atom stereocenters. The lowest BCUT2D eigenvalue weighted by Gasteiger charge is -2.33. The van der Waals surface area contributed by atoms with Crippen LogP contribution >= 0.6 is 0 Å². The largest absolute Gasteiger partial charge is 0.416 e. The number of benzene rings is 2. The van der Waals surface area contributed by atoms with Crippen LogP contribution in [0.2, 0.25) is 0 Å². The van der Waals surface area contributed by atoms with Crippen molar-refractivity contribution in [2.24, 2.45) is 0 Å². The van der Waals surface area contributed by atoms with E-state index in [0.29, 0.717) is 37.1 Å². The quantitative estimate of drug-likeness (QED) is 0.152. The first-order chi connectivity index (χ1) is 31.5. The molecule has 8 rings (SSSR count). The van der Waals surface area contributed by atoms with Crippen molar-refractivity contribution in [2.45, 2.75) is 37.3 Å². The molecule has 0 aliphatic carbocycles.